The van der Waals surface area contributed by atoms with Gasteiger partial charge in [-0.2, -0.15) is 132 Å². The Morgan fingerprint density at radius 3 is 0.476 bits per heavy atom. The zero-order chi connectivity index (χ0) is 75.7. The van der Waals surface area contributed by atoms with Gasteiger partial charge in [-0.05, 0) is 77.0 Å². The van der Waals surface area contributed by atoms with Crippen LogP contribution < -0.4 is 41.9 Å². The first-order valence-electron chi connectivity index (χ1n) is 27.1. The smallest absolute Gasteiger partial charge is 0.571 e. The molecule has 0 unspecified atom stereocenters. The summed E-state index contributed by atoms with van der Waals surface area (Å²) < 4.78 is 352. The van der Waals surface area contributed by atoms with Crippen molar-refractivity contribution >= 4 is 36.5 Å². The van der Waals surface area contributed by atoms with E-state index in [4.69, 9.17) is 0 Å². The molecule has 0 fully saturated rings. The third-order valence-corrected chi connectivity index (χ3v) is 12.0. The zero-order valence-corrected chi connectivity index (χ0v) is 56.7. The first-order chi connectivity index (χ1) is 44.7. The van der Waals surface area contributed by atoms with Crippen LogP contribution in [-0.4, -0.2) is 60.6 Å². The van der Waals surface area contributed by atoms with Crippen LogP contribution in [-0.2, 0) is 147 Å². The third-order valence-electron chi connectivity index (χ3n) is 12.0. The molecule has 103 heavy (non-hydrogen) atoms. The van der Waals surface area contributed by atoms with E-state index in [0.717, 1.165) is 0 Å². The molecule has 8 rings (SSSR count). The standard InChI is InChI=1S/3C9H14BN.5C5HF6N2.5Cu/c3*1-3-10(4-2)9-6-5-7-11-8-9;5*6-4(7,8)2-1-3(13-12-2)5(9,10)11;;;;;/h3*5-8H,3-4H2,1-2H3;5*1H;;;;;/q;;;5*-1;5*+1. The second kappa shape index (κ2) is 45.6. The van der Waals surface area contributed by atoms with Crippen molar-refractivity contribution in [3.05, 3.63) is 161 Å². The number of aromatic nitrogens is 13. The van der Waals surface area contributed by atoms with E-state index in [2.05, 4.69) is 126 Å². The van der Waals surface area contributed by atoms with E-state index in [1.807, 2.05) is 55.4 Å². The summed E-state index contributed by atoms with van der Waals surface area (Å²) >= 11 is 0. The predicted octanol–water partition coefficient (Wildman–Crippen LogP) is 15.8. The first-order valence-corrected chi connectivity index (χ1v) is 27.1. The fourth-order valence-corrected chi connectivity index (χ4v) is 6.99. The summed E-state index contributed by atoms with van der Waals surface area (Å²) in [4.78, 5) is 12.3. The molecule has 8 aromatic heterocycles. The fourth-order valence-electron chi connectivity index (χ4n) is 6.99. The Morgan fingerprint density at radius 2 is 0.398 bits per heavy atom. The van der Waals surface area contributed by atoms with E-state index in [1.165, 1.54) is 54.3 Å². The third kappa shape index (κ3) is 39.4. The molecular weight excluding hydrogens is 1730 g/mol. The van der Waals surface area contributed by atoms with E-state index in [-0.39, 0.29) is 116 Å². The van der Waals surface area contributed by atoms with Crippen LogP contribution in [0.3, 0.4) is 0 Å². The molecule has 0 radical (unpaired) electrons. The molecule has 13 nitrogen and oxygen atoms in total. The van der Waals surface area contributed by atoms with Crippen molar-refractivity contribution in [3.63, 3.8) is 0 Å². The van der Waals surface area contributed by atoms with Crippen molar-refractivity contribution in [1.29, 1.82) is 0 Å². The van der Waals surface area contributed by atoms with Gasteiger partial charge in [0.15, 0.2) is 20.1 Å². The van der Waals surface area contributed by atoms with Crippen molar-refractivity contribution in [2.24, 2.45) is 0 Å². The van der Waals surface area contributed by atoms with Gasteiger partial charge in [0.05, 0.1) is 0 Å². The zero-order valence-electron chi connectivity index (χ0n) is 51.9. The summed E-state index contributed by atoms with van der Waals surface area (Å²) in [5.41, 5.74) is -12.3. The number of rotatable bonds is 9. The maximum absolute atomic E-state index is 11.7. The van der Waals surface area contributed by atoms with Crippen LogP contribution in [0.4, 0.5) is 132 Å². The second-order valence-corrected chi connectivity index (χ2v) is 19.0. The minimum atomic E-state index is -4.89. The Bertz CT molecular complexity index is 2850. The summed E-state index contributed by atoms with van der Waals surface area (Å²) in [7, 11) is 0. The number of alkyl halides is 30. The maximum Gasteiger partial charge on any atom is 1.00 e. The Kier molecular flexibility index (Phi) is 46.9. The van der Waals surface area contributed by atoms with Gasteiger partial charge in [-0.25, -0.2) is 0 Å². The van der Waals surface area contributed by atoms with Crippen LogP contribution in [0.2, 0.25) is 37.9 Å². The van der Waals surface area contributed by atoms with E-state index < -0.39 is 119 Å². The molecule has 0 bridgehead atoms. The van der Waals surface area contributed by atoms with Gasteiger partial charge in [-0.1, -0.05) is 114 Å². The van der Waals surface area contributed by atoms with Crippen molar-refractivity contribution in [2.45, 2.75) is 141 Å². The molecule has 0 spiro atoms. The summed E-state index contributed by atoms with van der Waals surface area (Å²) in [6, 6.07) is 11.8. The molecule has 0 saturated carbocycles. The van der Waals surface area contributed by atoms with E-state index in [0.29, 0.717) is 20.1 Å². The second-order valence-electron chi connectivity index (χ2n) is 19.0. The number of nitrogens with zero attached hydrogens (tertiary/aromatic N) is 13. The molecule has 0 amide bonds. The minimum absolute atomic E-state index is 0. The molecule has 8 heterocycles. The molecule has 594 valence electrons. The van der Waals surface area contributed by atoms with Crippen molar-refractivity contribution in [3.8, 4) is 0 Å². The van der Waals surface area contributed by atoms with Crippen LogP contribution in [0.15, 0.2) is 104 Å². The van der Waals surface area contributed by atoms with Crippen molar-refractivity contribution < 1.29 is 217 Å². The molecule has 51 heteroatoms. The number of pyridine rings is 3. The first kappa shape index (κ1) is 106. The quantitative estimate of drug-likeness (QED) is 0.0987. The van der Waals surface area contributed by atoms with Gasteiger partial charge in [0.2, 0.25) is 0 Å². The van der Waals surface area contributed by atoms with Gasteiger partial charge >= 0.3 is 147 Å². The average Bonchev–Trinajstić information content (AvgIpc) is 1.72. The summed E-state index contributed by atoms with van der Waals surface area (Å²) in [5.74, 6) is 0. The summed E-state index contributed by atoms with van der Waals surface area (Å²) in [6.07, 6.45) is -30.3. The van der Waals surface area contributed by atoms with E-state index in [1.54, 1.807) is 0 Å². The van der Waals surface area contributed by atoms with Gasteiger partial charge in [0, 0.05) is 37.2 Å². The number of halogens is 30. The largest absolute Gasteiger partial charge is 1.00 e. The molecule has 0 aliphatic rings. The topological polar surface area (TPSA) is 174 Å². The van der Waals surface area contributed by atoms with Crippen LogP contribution in [0.1, 0.15) is 98.5 Å². The van der Waals surface area contributed by atoms with Gasteiger partial charge in [0.1, 0.15) is 28.5 Å². The summed E-state index contributed by atoms with van der Waals surface area (Å²) in [6.45, 7) is 15.4. The summed E-state index contributed by atoms with van der Waals surface area (Å²) in [5, 5.41) is 23.6. The number of hydrogen-bond acceptors (Lipinski definition) is 8. The van der Waals surface area contributed by atoms with Crippen LogP contribution in [0, 0.1) is 0 Å². The molecule has 0 aliphatic carbocycles. The fraction of sp³-hybridized carbons (Fsp3) is 0.423. The maximum atomic E-state index is 11.7. The van der Waals surface area contributed by atoms with E-state index in [9.17, 15) is 132 Å². The molecular formula is C52H47B3Cu5F30N13. The SMILES string of the molecule is CCB(CC)c1cccnc1.CCB(CC)c1cccnc1.CCB(CC)c1cccnc1.FC(F)(F)c1cc(C(F)(F)F)[n-]n1.FC(F)(F)c1cc(C(F)(F)F)[n-]n1.FC(F)(F)c1cc(C(F)(F)F)[n-]n1.FC(F)(F)c1cc(C(F)(F)F)[n-]n1.FC(F)(F)c1cc(C(F)(F)F)[n-]n1.[Cu+].[Cu+].[Cu+].[Cu+].[Cu+]. The molecule has 0 aliphatic heterocycles. The van der Waals surface area contributed by atoms with Crippen LogP contribution in [0.25, 0.3) is 0 Å². The van der Waals surface area contributed by atoms with Crippen LogP contribution >= 0.6 is 0 Å². The monoisotopic (exact) mass is 1770 g/mol. The van der Waals surface area contributed by atoms with Gasteiger partial charge < -0.3 is 51.0 Å². The van der Waals surface area contributed by atoms with Gasteiger partial charge in [-0.3, -0.25) is 15.0 Å². The van der Waals surface area contributed by atoms with Crippen molar-refractivity contribution in [1.82, 2.24) is 65.9 Å². The van der Waals surface area contributed by atoms with Crippen molar-refractivity contribution in [2.75, 3.05) is 0 Å². The molecule has 0 atom stereocenters. The van der Waals surface area contributed by atoms with Gasteiger partial charge in [0.25, 0.3) is 0 Å². The minimum Gasteiger partial charge on any atom is -0.571 e. The van der Waals surface area contributed by atoms with E-state index >= 15 is 0 Å². The predicted molar refractivity (Wildman–Crippen MR) is 290 cm³/mol. The average molecular weight is 1770 g/mol. The van der Waals surface area contributed by atoms with Crippen LogP contribution in [0.5, 0.6) is 0 Å². The Labute approximate surface area is 618 Å². The number of hydrogen-bond donors (Lipinski definition) is 0. The molecule has 8 aromatic rings. The normalized spacial score (nSPS) is 11.5. The Morgan fingerprint density at radius 1 is 0.252 bits per heavy atom. The van der Waals surface area contributed by atoms with Gasteiger partial charge in [-0.15, -0.1) is 0 Å². The molecule has 0 aromatic carbocycles. The Balaban J connectivity index is -0.000000353. The molecule has 0 N–H and O–H groups in total. The Hall–Kier alpha value is -5.81. The molecule has 0 saturated heterocycles.